The fourth-order valence-corrected chi connectivity index (χ4v) is 3.54. The van der Waals surface area contributed by atoms with Gasteiger partial charge < -0.3 is 10.2 Å². The zero-order valence-corrected chi connectivity index (χ0v) is 19.0. The molecule has 3 aromatic carbocycles. The van der Waals surface area contributed by atoms with Crippen molar-refractivity contribution in [1.82, 2.24) is 0 Å². The van der Waals surface area contributed by atoms with E-state index in [4.69, 9.17) is 10.2 Å². The summed E-state index contributed by atoms with van der Waals surface area (Å²) in [6.07, 6.45) is -0.336. The van der Waals surface area contributed by atoms with Crippen molar-refractivity contribution in [2.45, 2.75) is 35.5 Å². The number of carboxylic acids is 2. The summed E-state index contributed by atoms with van der Waals surface area (Å²) in [5.41, 5.74) is 0.899. The number of carboxylic acid groups (broad SMARTS) is 2. The third-order valence-corrected chi connectivity index (χ3v) is 5.47. The fraction of sp³-hybridized carbons (Fsp3) is 0.154. The molecule has 0 amide bonds. The lowest BCUT2D eigenvalue weighted by atomic mass is 10.1. The zero-order chi connectivity index (χ0) is 24.9. The molecule has 34 heavy (non-hydrogen) atoms. The first-order chi connectivity index (χ1) is 16.2. The number of carbonyl (C=O) groups is 4. The van der Waals surface area contributed by atoms with Gasteiger partial charge in [0.2, 0.25) is 0 Å². The van der Waals surface area contributed by atoms with E-state index in [1.54, 1.807) is 23.9 Å². The summed E-state index contributed by atoms with van der Waals surface area (Å²) in [6.45, 7) is 0. The molecule has 0 atom stereocenters. The number of rotatable bonds is 10. The van der Waals surface area contributed by atoms with E-state index in [1.807, 2.05) is 42.5 Å². The van der Waals surface area contributed by atoms with Crippen LogP contribution in [-0.4, -0.2) is 33.7 Å². The minimum Gasteiger partial charge on any atom is -0.481 e. The Labute approximate surface area is 200 Å². The maximum Gasteiger partial charge on any atom is 0.303 e. The molecule has 0 aliphatic heterocycles. The summed E-state index contributed by atoms with van der Waals surface area (Å²) >= 11 is 1.62. The van der Waals surface area contributed by atoms with Crippen molar-refractivity contribution in [3.63, 3.8) is 0 Å². The molecule has 0 bridgehead atoms. The summed E-state index contributed by atoms with van der Waals surface area (Å²) in [5, 5.41) is 16.9. The Morgan fingerprint density at radius 3 is 1.44 bits per heavy atom. The normalized spacial score (nSPS) is 10.0. The molecule has 6 nitrogen and oxygen atoms in total. The SMILES string of the molecule is O=C(O)CCC(=O)c1ccc(F)cc1.O=C(O)CCC(=O)c1ccc(Sc2ccccc2)cc1. The van der Waals surface area contributed by atoms with Gasteiger partial charge in [-0.2, -0.15) is 0 Å². The molecule has 2 N–H and O–H groups in total. The molecule has 0 spiro atoms. The predicted octanol–water partition coefficient (Wildman–Crippen LogP) is 5.76. The van der Waals surface area contributed by atoms with Gasteiger partial charge in [0.15, 0.2) is 11.6 Å². The van der Waals surface area contributed by atoms with Crippen molar-refractivity contribution in [3.05, 3.63) is 95.8 Å². The van der Waals surface area contributed by atoms with E-state index in [9.17, 15) is 23.6 Å². The van der Waals surface area contributed by atoms with Gasteiger partial charge in [0.05, 0.1) is 12.8 Å². The molecule has 0 unspecified atom stereocenters. The van der Waals surface area contributed by atoms with Gasteiger partial charge in [-0.15, -0.1) is 0 Å². The highest BCUT2D eigenvalue weighted by Crippen LogP contribution is 2.27. The van der Waals surface area contributed by atoms with E-state index in [-0.39, 0.29) is 37.2 Å². The third-order valence-electron chi connectivity index (χ3n) is 4.45. The average Bonchev–Trinajstić information content (AvgIpc) is 2.83. The number of benzene rings is 3. The summed E-state index contributed by atoms with van der Waals surface area (Å²) in [6, 6.07) is 22.3. The molecule has 0 saturated carbocycles. The van der Waals surface area contributed by atoms with Crippen LogP contribution in [0, 0.1) is 5.82 Å². The third kappa shape index (κ3) is 9.79. The van der Waals surface area contributed by atoms with Crippen LogP contribution in [0.5, 0.6) is 0 Å². The number of hydrogen-bond acceptors (Lipinski definition) is 5. The molecule has 3 aromatic rings. The molecular weight excluding hydrogens is 459 g/mol. The van der Waals surface area contributed by atoms with Crippen molar-refractivity contribution in [2.24, 2.45) is 0 Å². The second kappa shape index (κ2) is 13.7. The van der Waals surface area contributed by atoms with Crippen LogP contribution in [0.25, 0.3) is 0 Å². The largest absolute Gasteiger partial charge is 0.481 e. The molecular formula is C26H23FO6S. The zero-order valence-electron chi connectivity index (χ0n) is 18.1. The molecule has 0 radical (unpaired) electrons. The Kier molecular flexibility index (Phi) is 10.7. The number of halogens is 1. The predicted molar refractivity (Wildman–Crippen MR) is 126 cm³/mol. The first kappa shape index (κ1) is 26.5. The Morgan fingerprint density at radius 1 is 0.588 bits per heavy atom. The summed E-state index contributed by atoms with van der Waals surface area (Å²) in [7, 11) is 0. The van der Waals surface area contributed by atoms with E-state index in [0.717, 1.165) is 9.79 Å². The van der Waals surface area contributed by atoms with E-state index in [2.05, 4.69) is 0 Å². The van der Waals surface area contributed by atoms with Crippen LogP contribution < -0.4 is 0 Å². The van der Waals surface area contributed by atoms with Crippen molar-refractivity contribution in [1.29, 1.82) is 0 Å². The molecule has 8 heteroatoms. The van der Waals surface area contributed by atoms with Crippen molar-refractivity contribution in [2.75, 3.05) is 0 Å². The first-order valence-electron chi connectivity index (χ1n) is 10.3. The van der Waals surface area contributed by atoms with Crippen LogP contribution in [0.15, 0.2) is 88.7 Å². The standard InChI is InChI=1S/C16H14O3S.C10H9FO3/c17-15(10-11-16(18)19)12-6-8-14(9-7-12)20-13-4-2-1-3-5-13;11-8-3-1-7(2-4-8)9(12)5-6-10(13)14/h1-9H,10-11H2,(H,18,19);1-4H,5-6H2,(H,13,14). The highest BCUT2D eigenvalue weighted by atomic mass is 32.2. The Balaban J connectivity index is 0.000000257. The van der Waals surface area contributed by atoms with Crippen molar-refractivity contribution in [3.8, 4) is 0 Å². The van der Waals surface area contributed by atoms with Crippen LogP contribution in [0.2, 0.25) is 0 Å². The molecule has 0 aliphatic rings. The van der Waals surface area contributed by atoms with Crippen LogP contribution >= 0.6 is 11.8 Å². The first-order valence-corrected chi connectivity index (χ1v) is 11.1. The quantitative estimate of drug-likeness (QED) is 0.354. The molecule has 0 aliphatic carbocycles. The van der Waals surface area contributed by atoms with E-state index in [0.29, 0.717) is 11.1 Å². The van der Waals surface area contributed by atoms with E-state index < -0.39 is 17.8 Å². The maximum atomic E-state index is 12.5. The molecule has 0 saturated heterocycles. The molecule has 3 rings (SSSR count). The number of aliphatic carboxylic acids is 2. The number of ketones is 2. The van der Waals surface area contributed by atoms with Crippen LogP contribution in [0.4, 0.5) is 4.39 Å². The fourth-order valence-electron chi connectivity index (χ4n) is 2.70. The number of carbonyl (C=O) groups excluding carboxylic acids is 2. The monoisotopic (exact) mass is 482 g/mol. The summed E-state index contributed by atoms with van der Waals surface area (Å²) in [4.78, 5) is 45.8. The minimum absolute atomic E-state index is 0.0422. The van der Waals surface area contributed by atoms with Crippen LogP contribution in [-0.2, 0) is 9.59 Å². The highest BCUT2D eigenvalue weighted by molar-refractivity contribution is 7.99. The van der Waals surface area contributed by atoms with Gasteiger partial charge in [-0.05, 0) is 48.5 Å². The van der Waals surface area contributed by atoms with E-state index >= 15 is 0 Å². The molecule has 0 aromatic heterocycles. The maximum absolute atomic E-state index is 12.5. The lowest BCUT2D eigenvalue weighted by Gasteiger charge is -2.03. The van der Waals surface area contributed by atoms with Crippen LogP contribution in [0.1, 0.15) is 46.4 Å². The van der Waals surface area contributed by atoms with Gasteiger partial charge in [-0.25, -0.2) is 4.39 Å². The Bertz CT molecular complexity index is 1110. The summed E-state index contributed by atoms with van der Waals surface area (Å²) < 4.78 is 12.5. The minimum atomic E-state index is -1.01. The second-order valence-electron chi connectivity index (χ2n) is 7.08. The Hall–Kier alpha value is -3.78. The van der Waals surface area contributed by atoms with Gasteiger partial charge in [0.25, 0.3) is 0 Å². The molecule has 176 valence electrons. The van der Waals surface area contributed by atoms with Crippen LogP contribution in [0.3, 0.4) is 0 Å². The smallest absolute Gasteiger partial charge is 0.303 e. The van der Waals surface area contributed by atoms with Crippen molar-refractivity contribution >= 4 is 35.3 Å². The van der Waals surface area contributed by atoms with Crippen molar-refractivity contribution < 1.29 is 33.8 Å². The van der Waals surface area contributed by atoms with Gasteiger partial charge >= 0.3 is 11.9 Å². The molecule has 0 heterocycles. The highest BCUT2D eigenvalue weighted by Gasteiger charge is 2.09. The number of Topliss-reactive ketones (excluding diaryl/α,β-unsaturated/α-hetero) is 2. The van der Waals surface area contributed by atoms with Gasteiger partial charge in [0, 0.05) is 33.8 Å². The van der Waals surface area contributed by atoms with Gasteiger partial charge in [0.1, 0.15) is 5.82 Å². The van der Waals surface area contributed by atoms with E-state index in [1.165, 1.54) is 24.3 Å². The second-order valence-corrected chi connectivity index (χ2v) is 8.23. The topological polar surface area (TPSA) is 109 Å². The Morgan fingerprint density at radius 2 is 1.00 bits per heavy atom. The lowest BCUT2D eigenvalue weighted by molar-refractivity contribution is -0.137. The lowest BCUT2D eigenvalue weighted by Crippen LogP contribution is -2.03. The van der Waals surface area contributed by atoms with Gasteiger partial charge in [-0.3, -0.25) is 19.2 Å². The molecule has 0 fully saturated rings. The average molecular weight is 483 g/mol. The number of hydrogen-bond donors (Lipinski definition) is 2. The summed E-state index contributed by atoms with van der Waals surface area (Å²) in [5.74, 6) is -2.80. The van der Waals surface area contributed by atoms with Gasteiger partial charge in [-0.1, -0.05) is 42.1 Å².